The molecule has 0 fully saturated rings. The number of ether oxygens (including phenoxy) is 1. The van der Waals surface area contributed by atoms with E-state index in [1.807, 2.05) is 36.6 Å². The van der Waals surface area contributed by atoms with Gasteiger partial charge in [-0.25, -0.2) is 4.98 Å². The van der Waals surface area contributed by atoms with Gasteiger partial charge in [0.25, 0.3) is 5.91 Å². The Kier molecular flexibility index (Phi) is 3.90. The van der Waals surface area contributed by atoms with Crippen LogP contribution in [0.3, 0.4) is 0 Å². The van der Waals surface area contributed by atoms with E-state index in [9.17, 15) is 4.79 Å². The monoisotopic (exact) mass is 303 g/mol. The van der Waals surface area contributed by atoms with Crippen LogP contribution in [0, 0.1) is 6.92 Å². The molecule has 0 bridgehead atoms. The summed E-state index contributed by atoms with van der Waals surface area (Å²) in [5.41, 5.74) is 2.42. The van der Waals surface area contributed by atoms with Gasteiger partial charge in [-0.2, -0.15) is 0 Å². The number of thiazole rings is 1. The quantitative estimate of drug-likeness (QED) is 0.943. The number of hydrogen-bond donors (Lipinski definition) is 1. The summed E-state index contributed by atoms with van der Waals surface area (Å²) in [6, 6.07) is 7.56. The van der Waals surface area contributed by atoms with E-state index in [0.717, 1.165) is 16.4 Å². The normalized spacial score (nSPS) is 17.5. The SMILES string of the molecule is COCCN1C(=O)c2ccccc2NC1c1csc(C)n1. The van der Waals surface area contributed by atoms with Crippen molar-refractivity contribution >= 4 is 22.9 Å². The number of rotatable bonds is 4. The molecule has 0 saturated heterocycles. The predicted octanol–water partition coefficient (Wildman–Crippen LogP) is 2.66. The van der Waals surface area contributed by atoms with Gasteiger partial charge in [0.2, 0.25) is 0 Å². The number of anilines is 1. The molecule has 1 aliphatic heterocycles. The molecule has 0 saturated carbocycles. The van der Waals surface area contributed by atoms with Gasteiger partial charge in [0, 0.05) is 24.7 Å². The van der Waals surface area contributed by atoms with E-state index in [-0.39, 0.29) is 12.1 Å². The number of aromatic nitrogens is 1. The van der Waals surface area contributed by atoms with E-state index < -0.39 is 0 Å². The van der Waals surface area contributed by atoms with Crippen LogP contribution in [-0.2, 0) is 4.74 Å². The number of amides is 1. The summed E-state index contributed by atoms with van der Waals surface area (Å²) in [5.74, 6) is 0.0112. The van der Waals surface area contributed by atoms with Crippen molar-refractivity contribution < 1.29 is 9.53 Å². The molecule has 0 radical (unpaired) electrons. The van der Waals surface area contributed by atoms with Crippen molar-refractivity contribution in [3.8, 4) is 0 Å². The van der Waals surface area contributed by atoms with Crippen LogP contribution in [-0.4, -0.2) is 36.1 Å². The van der Waals surface area contributed by atoms with Crippen LogP contribution < -0.4 is 5.32 Å². The summed E-state index contributed by atoms with van der Waals surface area (Å²) in [5, 5.41) is 6.39. The first-order valence-corrected chi connectivity index (χ1v) is 7.66. The third-order valence-corrected chi connectivity index (χ3v) is 4.27. The van der Waals surface area contributed by atoms with Crippen LogP contribution in [0.1, 0.15) is 27.2 Å². The van der Waals surface area contributed by atoms with Crippen molar-refractivity contribution in [2.75, 3.05) is 25.6 Å². The van der Waals surface area contributed by atoms with Crippen LogP contribution in [0.15, 0.2) is 29.6 Å². The molecule has 21 heavy (non-hydrogen) atoms. The molecule has 3 rings (SSSR count). The maximum Gasteiger partial charge on any atom is 0.257 e. The van der Waals surface area contributed by atoms with E-state index >= 15 is 0 Å². The number of nitrogens with zero attached hydrogens (tertiary/aromatic N) is 2. The Balaban J connectivity index is 1.98. The summed E-state index contributed by atoms with van der Waals surface area (Å²) in [7, 11) is 1.64. The average Bonchev–Trinajstić information content (AvgIpc) is 2.93. The van der Waals surface area contributed by atoms with E-state index in [2.05, 4.69) is 10.3 Å². The van der Waals surface area contributed by atoms with E-state index in [1.165, 1.54) is 0 Å². The Hall–Kier alpha value is -1.92. The molecule has 1 atom stereocenters. The summed E-state index contributed by atoms with van der Waals surface area (Å²) >= 11 is 1.59. The van der Waals surface area contributed by atoms with Crippen molar-refractivity contribution in [3.63, 3.8) is 0 Å². The second kappa shape index (κ2) is 5.83. The van der Waals surface area contributed by atoms with Crippen LogP contribution in [0.25, 0.3) is 0 Å². The molecule has 2 aromatic rings. The largest absolute Gasteiger partial charge is 0.383 e. The molecule has 2 heterocycles. The van der Waals surface area contributed by atoms with Crippen LogP contribution in [0.2, 0.25) is 0 Å². The van der Waals surface area contributed by atoms with Crippen molar-refractivity contribution in [1.82, 2.24) is 9.88 Å². The minimum absolute atomic E-state index is 0.0112. The molecular formula is C15H17N3O2S. The smallest absolute Gasteiger partial charge is 0.257 e. The Labute approximate surface area is 127 Å². The molecule has 1 N–H and O–H groups in total. The van der Waals surface area contributed by atoms with Crippen molar-refractivity contribution in [2.45, 2.75) is 13.1 Å². The summed E-state index contributed by atoms with van der Waals surface area (Å²) in [6.45, 7) is 2.99. The van der Waals surface area contributed by atoms with Gasteiger partial charge in [0.15, 0.2) is 0 Å². The van der Waals surface area contributed by atoms with Gasteiger partial charge in [0.05, 0.1) is 22.9 Å². The lowest BCUT2D eigenvalue weighted by Gasteiger charge is -2.36. The predicted molar refractivity (Wildman–Crippen MR) is 82.6 cm³/mol. The lowest BCUT2D eigenvalue weighted by atomic mass is 10.1. The minimum atomic E-state index is -0.243. The molecule has 6 heteroatoms. The van der Waals surface area contributed by atoms with Gasteiger partial charge in [-0.3, -0.25) is 4.79 Å². The highest BCUT2D eigenvalue weighted by Gasteiger charge is 2.33. The Morgan fingerprint density at radius 1 is 1.43 bits per heavy atom. The number of carbonyl (C=O) groups excluding carboxylic acids is 1. The molecule has 5 nitrogen and oxygen atoms in total. The lowest BCUT2D eigenvalue weighted by Crippen LogP contribution is -2.44. The standard InChI is InChI=1S/C15H17N3O2S/c1-10-16-13(9-21-10)14-17-12-6-4-3-5-11(12)15(19)18(14)7-8-20-2/h3-6,9,14,17H,7-8H2,1-2H3. The van der Waals surface area contributed by atoms with E-state index in [0.29, 0.717) is 18.7 Å². The van der Waals surface area contributed by atoms with Gasteiger partial charge in [-0.15, -0.1) is 11.3 Å². The van der Waals surface area contributed by atoms with Crippen LogP contribution in [0.5, 0.6) is 0 Å². The number of aryl methyl sites for hydroxylation is 1. The zero-order valence-electron chi connectivity index (χ0n) is 12.0. The van der Waals surface area contributed by atoms with Crippen molar-refractivity contribution in [3.05, 3.63) is 45.9 Å². The number of benzene rings is 1. The lowest BCUT2D eigenvalue weighted by molar-refractivity contribution is 0.0606. The fourth-order valence-corrected chi connectivity index (χ4v) is 3.08. The van der Waals surface area contributed by atoms with E-state index in [4.69, 9.17) is 4.74 Å². The second-order valence-corrected chi connectivity index (χ2v) is 5.94. The minimum Gasteiger partial charge on any atom is -0.383 e. The molecule has 1 unspecified atom stereocenters. The van der Waals surface area contributed by atoms with Gasteiger partial charge in [0.1, 0.15) is 6.17 Å². The zero-order chi connectivity index (χ0) is 14.8. The molecule has 1 aromatic carbocycles. The molecule has 0 spiro atoms. The van der Waals surface area contributed by atoms with Crippen LogP contribution >= 0.6 is 11.3 Å². The molecule has 0 aliphatic carbocycles. The maximum absolute atomic E-state index is 12.7. The zero-order valence-corrected chi connectivity index (χ0v) is 12.8. The number of para-hydroxylation sites is 1. The maximum atomic E-state index is 12.7. The Morgan fingerprint density at radius 3 is 2.95 bits per heavy atom. The number of carbonyl (C=O) groups is 1. The first kappa shape index (κ1) is 14.0. The van der Waals surface area contributed by atoms with Crippen molar-refractivity contribution in [1.29, 1.82) is 0 Å². The van der Waals surface area contributed by atoms with Gasteiger partial charge < -0.3 is 15.0 Å². The highest BCUT2D eigenvalue weighted by molar-refractivity contribution is 7.09. The number of methoxy groups -OCH3 is 1. The topological polar surface area (TPSA) is 54.5 Å². The van der Waals surface area contributed by atoms with Crippen LogP contribution in [0.4, 0.5) is 5.69 Å². The fraction of sp³-hybridized carbons (Fsp3) is 0.333. The van der Waals surface area contributed by atoms with Gasteiger partial charge in [-0.1, -0.05) is 12.1 Å². The van der Waals surface area contributed by atoms with Gasteiger partial charge >= 0.3 is 0 Å². The fourth-order valence-electron chi connectivity index (χ4n) is 2.45. The highest BCUT2D eigenvalue weighted by Crippen LogP contribution is 2.33. The van der Waals surface area contributed by atoms with Gasteiger partial charge in [-0.05, 0) is 19.1 Å². The summed E-state index contributed by atoms with van der Waals surface area (Å²) < 4.78 is 5.13. The number of fused-ring (bicyclic) bond motifs is 1. The van der Waals surface area contributed by atoms with Crippen molar-refractivity contribution in [2.24, 2.45) is 0 Å². The number of hydrogen-bond acceptors (Lipinski definition) is 5. The summed E-state index contributed by atoms with van der Waals surface area (Å²) in [6.07, 6.45) is -0.243. The molecular weight excluding hydrogens is 286 g/mol. The summed E-state index contributed by atoms with van der Waals surface area (Å²) in [4.78, 5) is 19.0. The van der Waals surface area contributed by atoms with E-state index in [1.54, 1.807) is 23.3 Å². The Bertz CT molecular complexity index is 656. The third kappa shape index (κ3) is 2.64. The third-order valence-electron chi connectivity index (χ3n) is 3.48. The molecule has 1 aromatic heterocycles. The average molecular weight is 303 g/mol. The number of nitrogens with one attached hydrogen (secondary N) is 1. The highest BCUT2D eigenvalue weighted by atomic mass is 32.1. The Morgan fingerprint density at radius 2 is 2.24 bits per heavy atom. The molecule has 1 amide bonds. The first-order chi connectivity index (χ1) is 10.2. The molecule has 110 valence electrons. The second-order valence-electron chi connectivity index (χ2n) is 4.88. The molecule has 1 aliphatic rings. The first-order valence-electron chi connectivity index (χ1n) is 6.78.